The maximum Gasteiger partial charge on any atom is 0.0597 e. The normalized spacial score (nSPS) is 11.3. The van der Waals surface area contributed by atoms with Gasteiger partial charge < -0.3 is 11.5 Å². The molecule has 0 spiro atoms. The van der Waals surface area contributed by atoms with Crippen LogP contribution < -0.4 is 11.5 Å². The smallest absolute Gasteiger partial charge is 0.0597 e. The first-order chi connectivity index (χ1) is 7.17. The van der Waals surface area contributed by atoms with Crippen LogP contribution in [0.1, 0.15) is 11.4 Å². The molecule has 4 N–H and O–H groups in total. The Hall–Kier alpha value is -0.910. The Kier molecular flexibility index (Phi) is 4.74. The predicted molar refractivity (Wildman–Crippen MR) is 61.3 cm³/mol. The lowest BCUT2D eigenvalue weighted by atomic mass is 10.3. The summed E-state index contributed by atoms with van der Waals surface area (Å²) in [6, 6.07) is 2.10. The fraction of sp³-hybridized carbons (Fsp3) is 0.700. The molecule has 0 atom stereocenters. The van der Waals surface area contributed by atoms with Crippen LogP contribution in [0, 0.1) is 6.92 Å². The summed E-state index contributed by atoms with van der Waals surface area (Å²) >= 11 is 0. The van der Waals surface area contributed by atoms with E-state index in [1.54, 1.807) is 0 Å². The fourth-order valence-corrected chi connectivity index (χ4v) is 1.68. The molecule has 0 aliphatic heterocycles. The second kappa shape index (κ2) is 5.85. The Labute approximate surface area is 91.0 Å². The van der Waals surface area contributed by atoms with Gasteiger partial charge in [0.05, 0.1) is 11.4 Å². The molecule has 0 aliphatic carbocycles. The number of aromatic nitrogens is 2. The lowest BCUT2D eigenvalue weighted by molar-refractivity contribution is 0.273. The van der Waals surface area contributed by atoms with Crippen molar-refractivity contribution in [1.82, 2.24) is 14.7 Å². The monoisotopic (exact) mass is 211 g/mol. The lowest BCUT2D eigenvalue weighted by Gasteiger charge is -2.20. The van der Waals surface area contributed by atoms with Crippen molar-refractivity contribution >= 4 is 0 Å². The van der Waals surface area contributed by atoms with Gasteiger partial charge in [0.2, 0.25) is 0 Å². The third-order valence-electron chi connectivity index (χ3n) is 2.38. The standard InChI is InChI=1S/C10H21N5/c1-9-7-10(14(2)13-9)8-15(5-3-11)6-4-12/h7H,3-6,8,11-12H2,1-2H3. The second-order valence-corrected chi connectivity index (χ2v) is 3.75. The molecular formula is C10H21N5. The Morgan fingerprint density at radius 2 is 1.93 bits per heavy atom. The lowest BCUT2D eigenvalue weighted by Crippen LogP contribution is -2.34. The molecule has 1 aromatic rings. The van der Waals surface area contributed by atoms with Crippen molar-refractivity contribution in [3.05, 3.63) is 17.5 Å². The molecule has 0 aromatic carbocycles. The molecule has 1 aromatic heterocycles. The van der Waals surface area contributed by atoms with E-state index in [1.165, 1.54) is 5.69 Å². The summed E-state index contributed by atoms with van der Waals surface area (Å²) in [6.45, 7) is 5.95. The highest BCUT2D eigenvalue weighted by molar-refractivity contribution is 5.08. The van der Waals surface area contributed by atoms with E-state index < -0.39 is 0 Å². The molecule has 5 nitrogen and oxygen atoms in total. The van der Waals surface area contributed by atoms with Crippen LogP contribution in [0.15, 0.2) is 6.07 Å². The van der Waals surface area contributed by atoms with Gasteiger partial charge >= 0.3 is 0 Å². The van der Waals surface area contributed by atoms with Crippen LogP contribution in [0.2, 0.25) is 0 Å². The molecule has 1 heterocycles. The van der Waals surface area contributed by atoms with Crippen molar-refractivity contribution in [3.8, 4) is 0 Å². The summed E-state index contributed by atoms with van der Waals surface area (Å²) in [7, 11) is 1.96. The van der Waals surface area contributed by atoms with Gasteiger partial charge in [-0.25, -0.2) is 0 Å². The van der Waals surface area contributed by atoms with Crippen LogP contribution in [0.4, 0.5) is 0 Å². The SMILES string of the molecule is Cc1cc(CN(CCN)CCN)n(C)n1. The minimum Gasteiger partial charge on any atom is -0.329 e. The molecule has 0 saturated carbocycles. The number of aryl methyl sites for hydroxylation is 2. The van der Waals surface area contributed by atoms with Crippen molar-refractivity contribution in [2.75, 3.05) is 26.2 Å². The first-order valence-corrected chi connectivity index (χ1v) is 5.29. The van der Waals surface area contributed by atoms with Gasteiger partial charge in [-0.05, 0) is 13.0 Å². The van der Waals surface area contributed by atoms with Crippen LogP contribution in [-0.4, -0.2) is 40.9 Å². The highest BCUT2D eigenvalue weighted by Crippen LogP contribution is 2.05. The summed E-state index contributed by atoms with van der Waals surface area (Å²) in [4.78, 5) is 2.25. The Bertz CT molecular complexity index is 288. The summed E-state index contributed by atoms with van der Waals surface area (Å²) < 4.78 is 1.91. The summed E-state index contributed by atoms with van der Waals surface area (Å²) in [5, 5.41) is 4.31. The minimum atomic E-state index is 0.664. The topological polar surface area (TPSA) is 73.1 Å². The van der Waals surface area contributed by atoms with Crippen molar-refractivity contribution in [3.63, 3.8) is 0 Å². The molecule has 0 amide bonds. The Balaban J connectivity index is 2.60. The van der Waals surface area contributed by atoms with Crippen LogP contribution in [0.5, 0.6) is 0 Å². The predicted octanol–water partition coefficient (Wildman–Crippen LogP) is -0.552. The van der Waals surface area contributed by atoms with E-state index in [-0.39, 0.29) is 0 Å². The van der Waals surface area contributed by atoms with Gasteiger partial charge in [0.1, 0.15) is 0 Å². The van der Waals surface area contributed by atoms with Crippen LogP contribution in [-0.2, 0) is 13.6 Å². The quantitative estimate of drug-likeness (QED) is 0.662. The molecule has 15 heavy (non-hydrogen) atoms. The fourth-order valence-electron chi connectivity index (χ4n) is 1.68. The summed E-state index contributed by atoms with van der Waals surface area (Å²) in [5.74, 6) is 0. The number of nitrogens with two attached hydrogens (primary N) is 2. The average Bonchev–Trinajstić information content (AvgIpc) is 2.46. The summed E-state index contributed by atoms with van der Waals surface area (Å²) in [6.07, 6.45) is 0. The maximum absolute atomic E-state index is 5.55. The first kappa shape index (κ1) is 12.2. The van der Waals surface area contributed by atoms with Crippen molar-refractivity contribution in [2.24, 2.45) is 18.5 Å². The van der Waals surface area contributed by atoms with Gasteiger partial charge in [0, 0.05) is 39.8 Å². The highest BCUT2D eigenvalue weighted by atomic mass is 15.3. The number of rotatable bonds is 6. The third kappa shape index (κ3) is 3.62. The van der Waals surface area contributed by atoms with E-state index in [0.29, 0.717) is 13.1 Å². The molecule has 0 aliphatic rings. The van der Waals surface area contributed by atoms with Crippen molar-refractivity contribution in [2.45, 2.75) is 13.5 Å². The van der Waals surface area contributed by atoms with Gasteiger partial charge in [-0.3, -0.25) is 9.58 Å². The third-order valence-corrected chi connectivity index (χ3v) is 2.38. The van der Waals surface area contributed by atoms with Gasteiger partial charge in [-0.15, -0.1) is 0 Å². The largest absolute Gasteiger partial charge is 0.329 e. The Morgan fingerprint density at radius 3 is 2.33 bits per heavy atom. The molecular weight excluding hydrogens is 190 g/mol. The van der Waals surface area contributed by atoms with Crippen molar-refractivity contribution < 1.29 is 0 Å². The van der Waals surface area contributed by atoms with E-state index in [2.05, 4.69) is 16.1 Å². The zero-order valence-corrected chi connectivity index (χ0v) is 9.61. The van der Waals surface area contributed by atoms with Gasteiger partial charge in [-0.1, -0.05) is 0 Å². The van der Waals surface area contributed by atoms with Crippen molar-refractivity contribution in [1.29, 1.82) is 0 Å². The first-order valence-electron chi connectivity index (χ1n) is 5.29. The Morgan fingerprint density at radius 1 is 1.33 bits per heavy atom. The minimum absolute atomic E-state index is 0.664. The molecule has 0 bridgehead atoms. The van der Waals surface area contributed by atoms with Crippen LogP contribution in [0.25, 0.3) is 0 Å². The maximum atomic E-state index is 5.55. The van der Waals surface area contributed by atoms with Crippen LogP contribution >= 0.6 is 0 Å². The van der Waals surface area contributed by atoms with Gasteiger partial charge in [0.15, 0.2) is 0 Å². The zero-order valence-electron chi connectivity index (χ0n) is 9.61. The van der Waals surface area contributed by atoms with E-state index in [9.17, 15) is 0 Å². The molecule has 0 fully saturated rings. The number of hydrogen-bond donors (Lipinski definition) is 2. The van der Waals surface area contributed by atoms with E-state index in [0.717, 1.165) is 25.3 Å². The molecule has 5 heteroatoms. The van der Waals surface area contributed by atoms with E-state index >= 15 is 0 Å². The number of nitrogens with zero attached hydrogens (tertiary/aromatic N) is 3. The van der Waals surface area contributed by atoms with Crippen LogP contribution in [0.3, 0.4) is 0 Å². The molecule has 1 rings (SSSR count). The molecule has 0 radical (unpaired) electrons. The molecule has 86 valence electrons. The van der Waals surface area contributed by atoms with E-state index in [1.807, 2.05) is 18.7 Å². The van der Waals surface area contributed by atoms with E-state index in [4.69, 9.17) is 11.5 Å². The van der Waals surface area contributed by atoms with Gasteiger partial charge in [0.25, 0.3) is 0 Å². The molecule has 0 saturated heterocycles. The second-order valence-electron chi connectivity index (χ2n) is 3.75. The summed E-state index contributed by atoms with van der Waals surface area (Å²) in [5.41, 5.74) is 13.4. The zero-order chi connectivity index (χ0) is 11.3. The average molecular weight is 211 g/mol. The number of hydrogen-bond acceptors (Lipinski definition) is 4. The molecule has 0 unspecified atom stereocenters. The highest BCUT2D eigenvalue weighted by Gasteiger charge is 2.07. The van der Waals surface area contributed by atoms with Gasteiger partial charge in [-0.2, -0.15) is 5.10 Å².